The van der Waals surface area contributed by atoms with Crippen LogP contribution in [0, 0.1) is 11.6 Å². The van der Waals surface area contributed by atoms with Crippen molar-refractivity contribution in [2.24, 2.45) is 0 Å². The molecule has 0 aliphatic heterocycles. The molecule has 0 bridgehead atoms. The lowest BCUT2D eigenvalue weighted by Crippen LogP contribution is -2.26. The molecule has 1 heterocycles. The van der Waals surface area contributed by atoms with Crippen molar-refractivity contribution < 1.29 is 35.6 Å². The Kier molecular flexibility index (Phi) is 6.53. The van der Waals surface area contributed by atoms with Crippen molar-refractivity contribution in [3.63, 3.8) is 0 Å². The summed E-state index contributed by atoms with van der Waals surface area (Å²) < 4.78 is 67.9. The number of esters is 1. The topological polar surface area (TPSA) is 114 Å². The minimum atomic E-state index is -4.76. The normalized spacial score (nSPS) is 11.1. The third kappa shape index (κ3) is 4.75. The van der Waals surface area contributed by atoms with Crippen molar-refractivity contribution in [2.45, 2.75) is 11.8 Å². The molecule has 3 aromatic rings. The minimum absolute atomic E-state index is 0.0832. The van der Waals surface area contributed by atoms with Gasteiger partial charge in [0.15, 0.2) is 10.6 Å². The highest BCUT2D eigenvalue weighted by molar-refractivity contribution is 7.87. The average Bonchev–Trinajstić information content (AvgIpc) is 2.74. The standard InChI is InChI=1S/C20H16F2N2O7S/c1-3-30-20(26)19-16(11-18(25)24(23-19)14-7-4-12(21)5-8-14)31-32(27,28)17-10-13(22)6-9-15(17)29-2/h4-11H,3H2,1-2H3. The van der Waals surface area contributed by atoms with Crippen molar-refractivity contribution in [2.75, 3.05) is 13.7 Å². The number of benzene rings is 2. The van der Waals surface area contributed by atoms with Crippen LogP contribution in [0.4, 0.5) is 8.78 Å². The van der Waals surface area contributed by atoms with Crippen LogP contribution in [0.1, 0.15) is 17.4 Å². The van der Waals surface area contributed by atoms with Gasteiger partial charge < -0.3 is 13.7 Å². The lowest BCUT2D eigenvalue weighted by Gasteiger charge is -2.14. The number of ether oxygens (including phenoxy) is 2. The second-order valence-corrected chi connectivity index (χ2v) is 7.65. The molecule has 0 aliphatic carbocycles. The van der Waals surface area contributed by atoms with Crippen LogP contribution in [-0.2, 0) is 14.9 Å². The quantitative estimate of drug-likeness (QED) is 0.385. The van der Waals surface area contributed by atoms with Crippen LogP contribution >= 0.6 is 0 Å². The van der Waals surface area contributed by atoms with E-state index in [0.717, 1.165) is 28.9 Å². The summed E-state index contributed by atoms with van der Waals surface area (Å²) in [6.07, 6.45) is 0. The molecule has 0 N–H and O–H groups in total. The Morgan fingerprint density at radius 1 is 1.03 bits per heavy atom. The van der Waals surface area contributed by atoms with E-state index in [0.29, 0.717) is 12.1 Å². The first kappa shape index (κ1) is 22.9. The molecular weight excluding hydrogens is 450 g/mol. The largest absolute Gasteiger partial charge is 0.495 e. The van der Waals surface area contributed by atoms with Gasteiger partial charge in [-0.2, -0.15) is 18.2 Å². The molecule has 0 aliphatic rings. The fourth-order valence-corrected chi connectivity index (χ4v) is 3.73. The minimum Gasteiger partial charge on any atom is -0.495 e. The zero-order valence-corrected chi connectivity index (χ0v) is 17.6. The van der Waals surface area contributed by atoms with Crippen molar-refractivity contribution in [3.05, 3.63) is 76.2 Å². The number of aromatic nitrogens is 2. The number of hydrogen-bond donors (Lipinski definition) is 0. The molecular formula is C20H16F2N2O7S. The van der Waals surface area contributed by atoms with E-state index in [1.54, 1.807) is 0 Å². The number of hydrogen-bond acceptors (Lipinski definition) is 8. The maximum absolute atomic E-state index is 13.7. The van der Waals surface area contributed by atoms with Crippen LogP contribution in [0.25, 0.3) is 5.69 Å². The third-order valence-electron chi connectivity index (χ3n) is 4.03. The number of rotatable bonds is 7. The van der Waals surface area contributed by atoms with Gasteiger partial charge in [-0.05, 0) is 49.4 Å². The van der Waals surface area contributed by atoms with Gasteiger partial charge >= 0.3 is 16.1 Å². The summed E-state index contributed by atoms with van der Waals surface area (Å²) in [6, 6.07) is 8.01. The van der Waals surface area contributed by atoms with Crippen molar-refractivity contribution in [1.29, 1.82) is 0 Å². The first-order valence-electron chi connectivity index (χ1n) is 9.01. The predicted molar refractivity (Wildman–Crippen MR) is 107 cm³/mol. The number of carbonyl (C=O) groups excluding carboxylic acids is 1. The van der Waals surface area contributed by atoms with Gasteiger partial charge in [-0.1, -0.05) is 0 Å². The van der Waals surface area contributed by atoms with Crippen molar-refractivity contribution in [1.82, 2.24) is 9.78 Å². The Labute approximate surface area is 180 Å². The Bertz CT molecular complexity index is 1320. The Hall–Kier alpha value is -3.80. The fraction of sp³-hybridized carbons (Fsp3) is 0.150. The van der Waals surface area contributed by atoms with E-state index < -0.39 is 49.6 Å². The Balaban J connectivity index is 2.14. The predicted octanol–water partition coefficient (Wildman–Crippen LogP) is 2.46. The van der Waals surface area contributed by atoms with E-state index in [2.05, 4.69) is 5.10 Å². The lowest BCUT2D eigenvalue weighted by molar-refractivity contribution is 0.0515. The Morgan fingerprint density at radius 2 is 1.69 bits per heavy atom. The molecule has 1 aromatic heterocycles. The maximum atomic E-state index is 13.7. The van der Waals surface area contributed by atoms with Crippen LogP contribution in [0.2, 0.25) is 0 Å². The second-order valence-electron chi connectivity index (χ2n) is 6.14. The van der Waals surface area contributed by atoms with Crippen LogP contribution < -0.4 is 14.5 Å². The molecule has 0 unspecified atom stereocenters. The molecule has 0 saturated carbocycles. The highest BCUT2D eigenvalue weighted by atomic mass is 32.2. The van der Waals surface area contributed by atoms with Gasteiger partial charge in [0.1, 0.15) is 17.4 Å². The molecule has 0 saturated heterocycles. The zero-order valence-electron chi connectivity index (χ0n) is 16.7. The highest BCUT2D eigenvalue weighted by Gasteiger charge is 2.28. The van der Waals surface area contributed by atoms with Crippen LogP contribution in [0.5, 0.6) is 11.5 Å². The van der Waals surface area contributed by atoms with Crippen LogP contribution in [0.15, 0.2) is 58.2 Å². The van der Waals surface area contributed by atoms with Crippen molar-refractivity contribution >= 4 is 16.1 Å². The molecule has 9 nitrogen and oxygen atoms in total. The maximum Gasteiger partial charge on any atom is 0.362 e. The highest BCUT2D eigenvalue weighted by Crippen LogP contribution is 2.28. The molecule has 2 aromatic carbocycles. The zero-order chi connectivity index (χ0) is 23.5. The van der Waals surface area contributed by atoms with E-state index in [4.69, 9.17) is 13.7 Å². The molecule has 32 heavy (non-hydrogen) atoms. The molecule has 3 rings (SSSR count). The van der Waals surface area contributed by atoms with E-state index in [1.807, 2.05) is 0 Å². The Morgan fingerprint density at radius 3 is 2.31 bits per heavy atom. The van der Waals surface area contributed by atoms with Gasteiger partial charge in [-0.3, -0.25) is 4.79 Å². The van der Waals surface area contributed by atoms with E-state index in [1.165, 1.54) is 26.2 Å². The first-order chi connectivity index (χ1) is 15.2. The number of nitrogens with zero attached hydrogens (tertiary/aromatic N) is 2. The number of methoxy groups -OCH3 is 1. The smallest absolute Gasteiger partial charge is 0.362 e. The van der Waals surface area contributed by atoms with Gasteiger partial charge in [0.2, 0.25) is 5.69 Å². The summed E-state index contributed by atoms with van der Waals surface area (Å²) in [5.74, 6) is -3.50. The summed E-state index contributed by atoms with van der Waals surface area (Å²) in [7, 11) is -3.59. The molecule has 0 fully saturated rings. The molecule has 0 atom stereocenters. The van der Waals surface area contributed by atoms with Gasteiger partial charge in [0.05, 0.1) is 25.5 Å². The van der Waals surface area contributed by atoms with Gasteiger partial charge in [-0.25, -0.2) is 13.6 Å². The van der Waals surface area contributed by atoms with E-state index in [9.17, 15) is 26.8 Å². The summed E-state index contributed by atoms with van der Waals surface area (Å²) in [5, 5.41) is 3.84. The van der Waals surface area contributed by atoms with E-state index in [-0.39, 0.29) is 18.0 Å². The second kappa shape index (κ2) is 9.14. The van der Waals surface area contributed by atoms with Gasteiger partial charge in [-0.15, -0.1) is 0 Å². The monoisotopic (exact) mass is 466 g/mol. The first-order valence-corrected chi connectivity index (χ1v) is 10.4. The molecule has 168 valence electrons. The number of carbonyl (C=O) groups is 1. The van der Waals surface area contributed by atoms with E-state index >= 15 is 0 Å². The summed E-state index contributed by atoms with van der Waals surface area (Å²) in [6.45, 7) is 1.42. The fourth-order valence-electron chi connectivity index (χ4n) is 2.62. The van der Waals surface area contributed by atoms with Gasteiger partial charge in [0, 0.05) is 0 Å². The van der Waals surface area contributed by atoms with Crippen LogP contribution in [-0.4, -0.2) is 37.9 Å². The third-order valence-corrected chi connectivity index (χ3v) is 5.29. The SMILES string of the molecule is CCOC(=O)c1nn(-c2ccc(F)cc2)c(=O)cc1OS(=O)(=O)c1cc(F)ccc1OC. The van der Waals surface area contributed by atoms with Crippen LogP contribution in [0.3, 0.4) is 0 Å². The summed E-state index contributed by atoms with van der Waals surface area (Å²) in [5.41, 5.74) is -1.43. The summed E-state index contributed by atoms with van der Waals surface area (Å²) >= 11 is 0. The molecule has 0 amide bonds. The average molecular weight is 466 g/mol. The van der Waals surface area contributed by atoms with Gasteiger partial charge in [0.25, 0.3) is 5.56 Å². The van der Waals surface area contributed by atoms with Crippen molar-refractivity contribution in [3.8, 4) is 17.2 Å². The molecule has 12 heteroatoms. The lowest BCUT2D eigenvalue weighted by atomic mass is 10.3. The summed E-state index contributed by atoms with van der Waals surface area (Å²) in [4.78, 5) is 24.3. The molecule has 0 radical (unpaired) electrons. The molecule has 0 spiro atoms. The number of halogens is 2.